The predicted molar refractivity (Wildman–Crippen MR) is 82.4 cm³/mol. The SMILES string of the molecule is C=CC(=O)OCC(=O)OC1C2CC3C(O2)C1N(C(C)(C)C)S3(=O)=O. The second-order valence-corrected chi connectivity index (χ2v) is 9.21. The molecule has 3 rings (SSSR count). The molecule has 0 aromatic carbocycles. The van der Waals surface area contributed by atoms with Crippen molar-refractivity contribution in [3.8, 4) is 0 Å². The van der Waals surface area contributed by atoms with E-state index in [9.17, 15) is 18.0 Å². The standard InChI is InChI=1S/C15H21NO7S/c1-5-10(17)21-7-11(18)23-13-8-6-9-14(22-8)12(13)16(15(2,3)4)24(9,19)20/h5,8-9,12-14H,1,6-7H2,2-4H3. The van der Waals surface area contributed by atoms with Crippen LogP contribution in [0.4, 0.5) is 0 Å². The second kappa shape index (κ2) is 5.53. The first-order chi connectivity index (χ1) is 11.1. The van der Waals surface area contributed by atoms with E-state index in [2.05, 4.69) is 11.3 Å². The Kier molecular flexibility index (Phi) is 4.01. The third kappa shape index (κ3) is 2.55. The number of hydrogen-bond acceptors (Lipinski definition) is 7. The Bertz CT molecular complexity index is 680. The molecule has 3 saturated heterocycles. The first kappa shape index (κ1) is 17.4. The van der Waals surface area contributed by atoms with E-state index in [1.807, 2.05) is 0 Å². The van der Waals surface area contributed by atoms with Crippen LogP contribution in [0.1, 0.15) is 27.2 Å². The van der Waals surface area contributed by atoms with Gasteiger partial charge in [0.25, 0.3) is 0 Å². The zero-order valence-corrected chi connectivity index (χ0v) is 14.6. The number of rotatable bonds is 4. The molecule has 0 aliphatic carbocycles. The Morgan fingerprint density at radius 1 is 1.38 bits per heavy atom. The van der Waals surface area contributed by atoms with Crippen LogP contribution < -0.4 is 0 Å². The molecule has 0 aromatic heterocycles. The highest BCUT2D eigenvalue weighted by Gasteiger charge is 2.70. The topological polar surface area (TPSA) is 99.2 Å². The summed E-state index contributed by atoms with van der Waals surface area (Å²) in [4.78, 5) is 22.9. The van der Waals surface area contributed by atoms with Crippen molar-refractivity contribution in [1.29, 1.82) is 0 Å². The van der Waals surface area contributed by atoms with Crippen molar-refractivity contribution < 1.29 is 32.2 Å². The van der Waals surface area contributed by atoms with Crippen molar-refractivity contribution in [2.75, 3.05) is 6.61 Å². The van der Waals surface area contributed by atoms with Gasteiger partial charge in [0.15, 0.2) is 6.61 Å². The highest BCUT2D eigenvalue weighted by molar-refractivity contribution is 7.90. The monoisotopic (exact) mass is 359 g/mol. The van der Waals surface area contributed by atoms with Crippen LogP contribution in [0.5, 0.6) is 0 Å². The van der Waals surface area contributed by atoms with E-state index in [-0.39, 0.29) is 0 Å². The number of hydrogen-bond donors (Lipinski definition) is 0. The maximum absolute atomic E-state index is 12.8. The fraction of sp³-hybridized carbons (Fsp3) is 0.733. The summed E-state index contributed by atoms with van der Waals surface area (Å²) in [5.41, 5.74) is -0.654. The highest BCUT2D eigenvalue weighted by atomic mass is 32.2. The first-order valence-corrected chi connectivity index (χ1v) is 9.25. The summed E-state index contributed by atoms with van der Waals surface area (Å²) in [5.74, 6) is -1.46. The van der Waals surface area contributed by atoms with Gasteiger partial charge in [0.2, 0.25) is 10.0 Å². The molecule has 2 bridgehead atoms. The normalized spacial score (nSPS) is 36.5. The summed E-state index contributed by atoms with van der Waals surface area (Å²) in [5, 5.41) is -0.583. The second-order valence-electron chi connectivity index (χ2n) is 7.18. The van der Waals surface area contributed by atoms with Crippen LogP contribution in [0.25, 0.3) is 0 Å². The third-order valence-corrected chi connectivity index (χ3v) is 7.12. The number of fused-ring (bicyclic) bond motifs is 1. The average molecular weight is 359 g/mol. The Labute approximate surface area is 140 Å². The van der Waals surface area contributed by atoms with Crippen molar-refractivity contribution in [3.05, 3.63) is 12.7 Å². The third-order valence-electron chi connectivity index (χ3n) is 4.56. The van der Waals surface area contributed by atoms with E-state index in [1.54, 1.807) is 20.8 Å². The maximum Gasteiger partial charge on any atom is 0.344 e. The maximum atomic E-state index is 12.8. The lowest BCUT2D eigenvalue weighted by atomic mass is 9.90. The zero-order valence-electron chi connectivity index (χ0n) is 13.8. The molecule has 0 spiro atoms. The van der Waals surface area contributed by atoms with E-state index < -0.39 is 63.7 Å². The van der Waals surface area contributed by atoms with E-state index in [4.69, 9.17) is 9.47 Å². The molecule has 3 fully saturated rings. The average Bonchev–Trinajstić information content (AvgIpc) is 3.07. The molecule has 0 saturated carbocycles. The number of carbonyl (C=O) groups is 2. The number of esters is 2. The summed E-state index contributed by atoms with van der Waals surface area (Å²) >= 11 is 0. The van der Waals surface area contributed by atoms with Gasteiger partial charge in [-0.05, 0) is 27.2 Å². The lowest BCUT2D eigenvalue weighted by Crippen LogP contribution is -2.53. The molecule has 8 nitrogen and oxygen atoms in total. The van der Waals surface area contributed by atoms with Crippen molar-refractivity contribution in [2.24, 2.45) is 0 Å². The molecule has 24 heavy (non-hydrogen) atoms. The Morgan fingerprint density at radius 3 is 2.62 bits per heavy atom. The predicted octanol–water partition coefficient (Wildman–Crippen LogP) is -0.0204. The Hall–Kier alpha value is -1.45. The largest absolute Gasteiger partial charge is 0.455 e. The van der Waals surface area contributed by atoms with E-state index >= 15 is 0 Å². The van der Waals surface area contributed by atoms with Gasteiger partial charge in [0.1, 0.15) is 11.4 Å². The molecule has 0 amide bonds. The minimum absolute atomic E-state index is 0.306. The van der Waals surface area contributed by atoms with Crippen LogP contribution in [0.3, 0.4) is 0 Å². The molecule has 0 N–H and O–H groups in total. The Balaban J connectivity index is 1.78. The smallest absolute Gasteiger partial charge is 0.344 e. The molecule has 134 valence electrons. The fourth-order valence-electron chi connectivity index (χ4n) is 3.85. The van der Waals surface area contributed by atoms with Crippen molar-refractivity contribution in [1.82, 2.24) is 4.31 Å². The number of ether oxygens (including phenoxy) is 3. The number of carbonyl (C=O) groups excluding carboxylic acids is 2. The molecular weight excluding hydrogens is 338 g/mol. The van der Waals surface area contributed by atoms with Crippen LogP contribution in [0.2, 0.25) is 0 Å². The molecule has 5 unspecified atom stereocenters. The zero-order chi connectivity index (χ0) is 17.9. The van der Waals surface area contributed by atoms with Crippen molar-refractivity contribution in [3.63, 3.8) is 0 Å². The van der Waals surface area contributed by atoms with Crippen LogP contribution in [0, 0.1) is 0 Å². The number of nitrogens with zero attached hydrogens (tertiary/aromatic N) is 1. The van der Waals surface area contributed by atoms with Crippen molar-refractivity contribution >= 4 is 22.0 Å². The molecular formula is C15H21NO7S. The lowest BCUT2D eigenvalue weighted by molar-refractivity contribution is -0.163. The highest BCUT2D eigenvalue weighted by Crippen LogP contribution is 2.51. The van der Waals surface area contributed by atoms with Gasteiger partial charge in [-0.25, -0.2) is 18.0 Å². The van der Waals surface area contributed by atoms with Gasteiger partial charge in [-0.3, -0.25) is 0 Å². The molecule has 0 aromatic rings. The summed E-state index contributed by atoms with van der Waals surface area (Å²) in [6, 6.07) is -0.544. The van der Waals surface area contributed by atoms with Gasteiger partial charge in [-0.2, -0.15) is 4.31 Å². The molecule has 3 heterocycles. The summed E-state index contributed by atoms with van der Waals surface area (Å²) in [6.45, 7) is 8.09. The minimum atomic E-state index is -3.51. The van der Waals surface area contributed by atoms with Crippen molar-refractivity contribution in [2.45, 2.75) is 62.3 Å². The summed E-state index contributed by atoms with van der Waals surface area (Å²) < 4.78 is 42.8. The van der Waals surface area contributed by atoms with Crippen LogP contribution in [-0.4, -0.2) is 66.4 Å². The molecule has 0 radical (unpaired) electrons. The first-order valence-electron chi connectivity index (χ1n) is 7.75. The van der Waals surface area contributed by atoms with Gasteiger partial charge in [-0.1, -0.05) is 6.58 Å². The fourth-order valence-corrected chi connectivity index (χ4v) is 6.48. The lowest BCUT2D eigenvalue weighted by Gasteiger charge is -2.36. The van der Waals surface area contributed by atoms with Gasteiger partial charge in [0.05, 0.1) is 18.2 Å². The Morgan fingerprint density at radius 2 is 2.04 bits per heavy atom. The minimum Gasteiger partial charge on any atom is -0.455 e. The summed E-state index contributed by atoms with van der Waals surface area (Å²) in [6.07, 6.45) is -0.388. The van der Waals surface area contributed by atoms with Crippen LogP contribution >= 0.6 is 0 Å². The summed E-state index contributed by atoms with van der Waals surface area (Å²) in [7, 11) is -3.51. The van der Waals surface area contributed by atoms with E-state index in [0.717, 1.165) is 6.08 Å². The van der Waals surface area contributed by atoms with Gasteiger partial charge in [0, 0.05) is 11.6 Å². The quantitative estimate of drug-likeness (QED) is 0.514. The molecule has 3 aliphatic rings. The van der Waals surface area contributed by atoms with E-state index in [0.29, 0.717) is 6.42 Å². The van der Waals surface area contributed by atoms with Gasteiger partial charge < -0.3 is 14.2 Å². The number of sulfonamides is 1. The van der Waals surface area contributed by atoms with Gasteiger partial charge >= 0.3 is 11.9 Å². The van der Waals surface area contributed by atoms with Crippen LogP contribution in [0.15, 0.2) is 12.7 Å². The molecule has 5 atom stereocenters. The van der Waals surface area contributed by atoms with Gasteiger partial charge in [-0.15, -0.1) is 0 Å². The van der Waals surface area contributed by atoms with Crippen LogP contribution in [-0.2, 0) is 33.8 Å². The molecule has 3 aliphatic heterocycles. The van der Waals surface area contributed by atoms with E-state index in [1.165, 1.54) is 4.31 Å². The molecule has 9 heteroatoms.